The zero-order valence-corrected chi connectivity index (χ0v) is 19.0. The van der Waals surface area contributed by atoms with E-state index in [0.29, 0.717) is 12.0 Å². The third kappa shape index (κ3) is 5.66. The first-order valence-corrected chi connectivity index (χ1v) is 12.3. The molecule has 3 aromatic rings. The highest BCUT2D eigenvalue weighted by atomic mass is 32.2. The van der Waals surface area contributed by atoms with E-state index in [2.05, 4.69) is 0 Å². The van der Waals surface area contributed by atoms with Crippen LogP contribution in [0.2, 0.25) is 0 Å². The van der Waals surface area contributed by atoms with Crippen molar-refractivity contribution in [1.82, 2.24) is 0 Å². The second kappa shape index (κ2) is 9.26. The van der Waals surface area contributed by atoms with Gasteiger partial charge in [-0.15, -0.1) is 0 Å². The fraction of sp³-hybridized carbons (Fsp3) is 0.273. The molecule has 0 fully saturated rings. The third-order valence-electron chi connectivity index (χ3n) is 4.86. The van der Waals surface area contributed by atoms with Crippen LogP contribution in [-0.4, -0.2) is 25.9 Å². The van der Waals surface area contributed by atoms with Crippen LogP contribution in [0.3, 0.4) is 0 Å². The Labute approximate surface area is 178 Å². The molecule has 3 rings (SSSR count). The molecule has 6 nitrogen and oxygen atoms in total. The van der Waals surface area contributed by atoms with Crippen molar-refractivity contribution in [1.29, 1.82) is 0 Å². The lowest BCUT2D eigenvalue weighted by atomic mass is 9.99. The van der Waals surface area contributed by atoms with E-state index in [1.807, 2.05) is 39.0 Å². The molecule has 0 heterocycles. The Bertz CT molecular complexity index is 1280. The quantitative estimate of drug-likeness (QED) is 0.555. The minimum Gasteiger partial charge on any atom is -0.282 e. The number of rotatable bonds is 4. The van der Waals surface area contributed by atoms with E-state index < -0.39 is 20.2 Å². The molecule has 2 N–H and O–H groups in total. The van der Waals surface area contributed by atoms with Crippen LogP contribution in [0.1, 0.15) is 36.1 Å². The average molecular weight is 451 g/mol. The molecule has 162 valence electrons. The highest BCUT2D eigenvalue weighted by molar-refractivity contribution is 7.86. The molecule has 0 aliphatic rings. The van der Waals surface area contributed by atoms with Crippen molar-refractivity contribution in [3.8, 4) is 0 Å². The van der Waals surface area contributed by atoms with Gasteiger partial charge in [0.2, 0.25) is 0 Å². The summed E-state index contributed by atoms with van der Waals surface area (Å²) in [7, 11) is -8.20. The van der Waals surface area contributed by atoms with E-state index in [4.69, 9.17) is 9.11 Å². The summed E-state index contributed by atoms with van der Waals surface area (Å²) in [6.07, 6.45) is 1.42. The molecule has 0 saturated heterocycles. The van der Waals surface area contributed by atoms with E-state index in [0.717, 1.165) is 33.9 Å². The van der Waals surface area contributed by atoms with E-state index in [1.165, 1.54) is 18.2 Å². The second-order valence-corrected chi connectivity index (χ2v) is 9.83. The molecule has 0 aliphatic carbocycles. The first-order valence-electron chi connectivity index (χ1n) is 9.45. The second-order valence-electron chi connectivity index (χ2n) is 7.02. The normalized spacial score (nSPS) is 11.8. The van der Waals surface area contributed by atoms with Crippen LogP contribution >= 0.6 is 0 Å². The highest BCUT2D eigenvalue weighted by Crippen LogP contribution is 2.26. The molecule has 0 aromatic heterocycles. The Morgan fingerprint density at radius 3 is 1.83 bits per heavy atom. The first kappa shape index (κ1) is 24.0. The van der Waals surface area contributed by atoms with Crippen molar-refractivity contribution in [3.63, 3.8) is 0 Å². The van der Waals surface area contributed by atoms with Crippen LogP contribution < -0.4 is 0 Å². The SMILES string of the molecule is CCc1ccc(C)c2ccc(S(=O)(=O)O)cc12.CCc1ccc(C)cc1S(=O)(=O)O. The predicted molar refractivity (Wildman–Crippen MR) is 118 cm³/mol. The summed E-state index contributed by atoms with van der Waals surface area (Å²) in [5.41, 5.74) is 3.65. The zero-order valence-electron chi connectivity index (χ0n) is 17.4. The maximum absolute atomic E-state index is 11.1. The monoisotopic (exact) mass is 450 g/mol. The predicted octanol–water partition coefficient (Wildman–Crippen LogP) is 4.76. The molecule has 0 radical (unpaired) electrons. The maximum Gasteiger partial charge on any atom is 0.294 e. The van der Waals surface area contributed by atoms with E-state index in [9.17, 15) is 16.8 Å². The topological polar surface area (TPSA) is 109 Å². The van der Waals surface area contributed by atoms with Crippen molar-refractivity contribution in [2.75, 3.05) is 0 Å². The van der Waals surface area contributed by atoms with Gasteiger partial charge >= 0.3 is 0 Å². The Kier molecular flexibility index (Phi) is 7.41. The molecule has 0 saturated carbocycles. The van der Waals surface area contributed by atoms with Crippen molar-refractivity contribution >= 4 is 31.0 Å². The van der Waals surface area contributed by atoms with Crippen molar-refractivity contribution < 1.29 is 25.9 Å². The zero-order chi connectivity index (χ0) is 22.7. The summed E-state index contributed by atoms with van der Waals surface area (Å²) in [5.74, 6) is 0. The number of benzene rings is 3. The molecule has 3 aromatic carbocycles. The summed E-state index contributed by atoms with van der Waals surface area (Å²) in [5, 5.41) is 1.92. The Hall–Kier alpha value is -2.26. The lowest BCUT2D eigenvalue weighted by Crippen LogP contribution is -2.02. The lowest BCUT2D eigenvalue weighted by Gasteiger charge is -2.08. The van der Waals surface area contributed by atoms with Gasteiger partial charge in [-0.05, 0) is 77.9 Å². The van der Waals surface area contributed by atoms with Crippen molar-refractivity contribution in [3.05, 3.63) is 70.8 Å². The standard InChI is InChI=1S/C13H14O3S.C9H12O3S/c1-3-10-5-4-9(2)12-7-6-11(8-13(10)12)17(14,15)16;1-3-8-5-4-7(2)6-9(8)13(10,11)12/h4-8H,3H2,1-2H3,(H,14,15,16);4-6H,3H2,1-2H3,(H,10,11,12). The number of hydrogen-bond donors (Lipinski definition) is 2. The smallest absolute Gasteiger partial charge is 0.282 e. The third-order valence-corrected chi connectivity index (χ3v) is 6.64. The van der Waals surface area contributed by atoms with Gasteiger partial charge in [0.1, 0.15) is 0 Å². The van der Waals surface area contributed by atoms with Gasteiger partial charge in [-0.2, -0.15) is 16.8 Å². The van der Waals surface area contributed by atoms with Crippen LogP contribution in [0, 0.1) is 13.8 Å². The fourth-order valence-electron chi connectivity index (χ4n) is 3.20. The van der Waals surface area contributed by atoms with Gasteiger partial charge in [0.05, 0.1) is 9.79 Å². The van der Waals surface area contributed by atoms with Crippen LogP contribution in [-0.2, 0) is 33.1 Å². The molecule has 30 heavy (non-hydrogen) atoms. The minimum absolute atomic E-state index is 0.0231. The maximum atomic E-state index is 11.1. The number of hydrogen-bond acceptors (Lipinski definition) is 4. The Morgan fingerprint density at radius 1 is 0.700 bits per heavy atom. The van der Waals surface area contributed by atoms with E-state index in [-0.39, 0.29) is 9.79 Å². The molecule has 8 heteroatoms. The summed E-state index contributed by atoms with van der Waals surface area (Å²) in [6, 6.07) is 13.8. The van der Waals surface area contributed by atoms with Crippen LogP contribution in [0.25, 0.3) is 10.8 Å². The van der Waals surface area contributed by atoms with Gasteiger partial charge in [-0.25, -0.2) is 0 Å². The number of fused-ring (bicyclic) bond motifs is 1. The van der Waals surface area contributed by atoms with Gasteiger partial charge in [0, 0.05) is 0 Å². The van der Waals surface area contributed by atoms with Crippen LogP contribution in [0.15, 0.2) is 58.3 Å². The molecule has 0 amide bonds. The van der Waals surface area contributed by atoms with Gasteiger partial charge < -0.3 is 0 Å². The van der Waals surface area contributed by atoms with Crippen molar-refractivity contribution in [2.24, 2.45) is 0 Å². The Balaban J connectivity index is 0.000000222. The molecular formula is C22H26O6S2. The fourth-order valence-corrected chi connectivity index (χ4v) is 4.59. The van der Waals surface area contributed by atoms with Crippen LogP contribution in [0.4, 0.5) is 0 Å². The summed E-state index contributed by atoms with van der Waals surface area (Å²) >= 11 is 0. The molecule has 0 atom stereocenters. The van der Waals surface area contributed by atoms with E-state index >= 15 is 0 Å². The average Bonchev–Trinajstić information content (AvgIpc) is 2.67. The first-order chi connectivity index (χ1) is 13.9. The van der Waals surface area contributed by atoms with Crippen LogP contribution in [0.5, 0.6) is 0 Å². The van der Waals surface area contributed by atoms with Gasteiger partial charge in [-0.1, -0.05) is 44.2 Å². The Morgan fingerprint density at radius 2 is 1.30 bits per heavy atom. The summed E-state index contributed by atoms with van der Waals surface area (Å²) < 4.78 is 62.0. The molecule has 0 unspecified atom stereocenters. The molecule has 0 spiro atoms. The van der Waals surface area contributed by atoms with Gasteiger partial charge in [0.15, 0.2) is 0 Å². The van der Waals surface area contributed by atoms with E-state index in [1.54, 1.807) is 19.1 Å². The number of aryl methyl sites for hydroxylation is 4. The largest absolute Gasteiger partial charge is 0.294 e. The minimum atomic E-state index is -4.13. The summed E-state index contributed by atoms with van der Waals surface area (Å²) in [4.78, 5) is -0.0275. The molecule has 0 aliphatic heterocycles. The summed E-state index contributed by atoms with van der Waals surface area (Å²) in [6.45, 7) is 7.63. The van der Waals surface area contributed by atoms with Crippen molar-refractivity contribution in [2.45, 2.75) is 50.3 Å². The molecule has 0 bridgehead atoms. The lowest BCUT2D eigenvalue weighted by molar-refractivity contribution is 0.480. The molecular weight excluding hydrogens is 424 g/mol. The van der Waals surface area contributed by atoms with Gasteiger partial charge in [0.25, 0.3) is 20.2 Å². The van der Waals surface area contributed by atoms with Gasteiger partial charge in [-0.3, -0.25) is 9.11 Å². The highest BCUT2D eigenvalue weighted by Gasteiger charge is 2.14.